The maximum absolute atomic E-state index is 6.92. The minimum atomic E-state index is -0.0665. The molecule has 0 unspecified atom stereocenters. The van der Waals surface area contributed by atoms with Gasteiger partial charge < -0.3 is 14.5 Å². The highest BCUT2D eigenvalue weighted by Crippen LogP contribution is 2.49. The quantitative estimate of drug-likeness (QED) is 0.166. The predicted octanol–water partition coefficient (Wildman–Crippen LogP) is 18.7. The van der Waals surface area contributed by atoms with Gasteiger partial charge >= 0.3 is 0 Å². The van der Waals surface area contributed by atoms with Crippen LogP contribution in [0.25, 0.3) is 38.8 Å². The van der Waals surface area contributed by atoms with Crippen LogP contribution in [-0.4, -0.2) is 16.2 Å². The molecule has 368 valence electrons. The smallest absolute Gasteiger partial charge is 0.137 e. The standard InChI is InChI=1S/C66H78N4O/c1-61(2,3)44-22-26-56-55(36-44)54-25-24-53(40-58(54)70(56)60-38-46(28-29-67-60)63(7,8)9)71-52-21-19-20-50(39-52)68-41-69(57-27-23-45(37-59(57)68)62(4,5)6)51-33-43(32-49(35-51)66(16,17)18)42-30-47(64(10,11)12)34-48(31-42)65(13,14)15/h19-40H,41H2,1-18H3. The number of benzene rings is 6. The van der Waals surface area contributed by atoms with Gasteiger partial charge in [-0.25, -0.2) is 4.98 Å². The average Bonchev–Trinajstić information content (AvgIpc) is 3.82. The molecular weight excluding hydrogens is 865 g/mol. The van der Waals surface area contributed by atoms with Gasteiger partial charge in [0.25, 0.3) is 0 Å². The van der Waals surface area contributed by atoms with E-state index in [0.717, 1.165) is 34.0 Å². The van der Waals surface area contributed by atoms with Gasteiger partial charge in [-0.2, -0.15) is 0 Å². The molecule has 1 aliphatic rings. The van der Waals surface area contributed by atoms with Crippen LogP contribution in [0.3, 0.4) is 0 Å². The molecular formula is C66H78N4O. The first-order valence-corrected chi connectivity index (χ1v) is 25.8. The molecule has 0 spiro atoms. The zero-order valence-electron chi connectivity index (χ0n) is 46.1. The molecule has 0 amide bonds. The van der Waals surface area contributed by atoms with Crippen molar-refractivity contribution in [1.82, 2.24) is 9.55 Å². The lowest BCUT2D eigenvalue weighted by Crippen LogP contribution is -2.24. The van der Waals surface area contributed by atoms with E-state index in [1.54, 1.807) is 0 Å². The zero-order valence-corrected chi connectivity index (χ0v) is 46.1. The van der Waals surface area contributed by atoms with E-state index in [0.29, 0.717) is 6.67 Å². The molecule has 0 aliphatic carbocycles. The Balaban J connectivity index is 1.14. The van der Waals surface area contributed by atoms with Crippen molar-refractivity contribution >= 4 is 44.6 Å². The van der Waals surface area contributed by atoms with E-state index in [4.69, 9.17) is 9.72 Å². The van der Waals surface area contributed by atoms with E-state index in [-0.39, 0.29) is 32.5 Å². The third kappa shape index (κ3) is 9.87. The van der Waals surface area contributed by atoms with Crippen LogP contribution in [0.1, 0.15) is 158 Å². The van der Waals surface area contributed by atoms with Gasteiger partial charge in [0.05, 0.1) is 22.4 Å². The Morgan fingerprint density at radius 2 is 0.915 bits per heavy atom. The van der Waals surface area contributed by atoms with Crippen LogP contribution < -0.4 is 14.5 Å². The van der Waals surface area contributed by atoms with Crippen LogP contribution in [0.2, 0.25) is 0 Å². The normalized spacial score (nSPS) is 13.9. The number of fused-ring (bicyclic) bond motifs is 4. The average molecular weight is 943 g/mol. The Hall–Kier alpha value is -6.33. The van der Waals surface area contributed by atoms with E-state index < -0.39 is 0 Å². The largest absolute Gasteiger partial charge is 0.457 e. The van der Waals surface area contributed by atoms with Crippen molar-refractivity contribution in [2.45, 2.75) is 157 Å². The van der Waals surface area contributed by atoms with Crippen LogP contribution in [0, 0.1) is 0 Å². The zero-order chi connectivity index (χ0) is 51.4. The molecule has 0 saturated heterocycles. The molecule has 5 heteroatoms. The number of hydrogen-bond donors (Lipinski definition) is 0. The van der Waals surface area contributed by atoms with E-state index in [1.807, 2.05) is 6.20 Å². The van der Waals surface area contributed by atoms with Crippen molar-refractivity contribution in [3.05, 3.63) is 167 Å². The summed E-state index contributed by atoms with van der Waals surface area (Å²) in [5.41, 5.74) is 17.1. The molecule has 2 aromatic heterocycles. The topological polar surface area (TPSA) is 33.5 Å². The lowest BCUT2D eigenvalue weighted by atomic mass is 9.78. The Kier molecular flexibility index (Phi) is 12.0. The fraction of sp³-hybridized carbons (Fsp3) is 0.379. The van der Waals surface area contributed by atoms with E-state index in [9.17, 15) is 0 Å². The molecule has 5 nitrogen and oxygen atoms in total. The highest BCUT2D eigenvalue weighted by atomic mass is 16.5. The fourth-order valence-electron chi connectivity index (χ4n) is 9.83. The Labute approximate surface area is 425 Å². The lowest BCUT2D eigenvalue weighted by Gasteiger charge is -2.28. The SMILES string of the molecule is CC(C)(C)c1cc(-c2cc(C(C)(C)C)cc(C(C)(C)C)c2)cc(N2CN(c3cccc(Oc4ccc5c6cc(C(C)(C)C)ccc6n(-c6cc(C(C)(C)C)ccn6)c5c4)c3)c3cc(C(C)(C)C)ccc32)c1. The molecule has 0 saturated carbocycles. The summed E-state index contributed by atoms with van der Waals surface area (Å²) in [7, 11) is 0. The number of hydrogen-bond acceptors (Lipinski definition) is 4. The summed E-state index contributed by atoms with van der Waals surface area (Å²) < 4.78 is 9.23. The van der Waals surface area contributed by atoms with Crippen LogP contribution >= 0.6 is 0 Å². The van der Waals surface area contributed by atoms with Crippen LogP contribution in [0.5, 0.6) is 11.5 Å². The molecule has 0 fully saturated rings. The van der Waals surface area contributed by atoms with Crippen LogP contribution in [0.4, 0.5) is 22.7 Å². The summed E-state index contributed by atoms with van der Waals surface area (Å²) in [5.74, 6) is 2.46. The summed E-state index contributed by atoms with van der Waals surface area (Å²) in [6.07, 6.45) is 1.94. The number of pyridine rings is 1. The number of aromatic nitrogens is 2. The molecule has 0 atom stereocenters. The van der Waals surface area contributed by atoms with E-state index in [1.165, 1.54) is 72.3 Å². The Morgan fingerprint density at radius 3 is 1.54 bits per heavy atom. The number of nitrogens with zero attached hydrogens (tertiary/aromatic N) is 4. The third-order valence-corrected chi connectivity index (χ3v) is 14.6. The van der Waals surface area contributed by atoms with Crippen molar-refractivity contribution in [3.63, 3.8) is 0 Å². The summed E-state index contributed by atoms with van der Waals surface area (Å²) in [6, 6.07) is 48.0. The second-order valence-corrected chi connectivity index (χ2v) is 26.5. The summed E-state index contributed by atoms with van der Waals surface area (Å²) in [4.78, 5) is 9.94. The highest BCUT2D eigenvalue weighted by molar-refractivity contribution is 6.10. The maximum atomic E-state index is 6.92. The fourth-order valence-corrected chi connectivity index (χ4v) is 9.83. The van der Waals surface area contributed by atoms with E-state index >= 15 is 0 Å². The molecule has 0 N–H and O–H groups in total. The summed E-state index contributed by atoms with van der Waals surface area (Å²) in [6.45, 7) is 42.1. The molecule has 0 radical (unpaired) electrons. The number of ether oxygens (including phenoxy) is 1. The predicted molar refractivity (Wildman–Crippen MR) is 305 cm³/mol. The second-order valence-electron chi connectivity index (χ2n) is 26.5. The third-order valence-electron chi connectivity index (χ3n) is 14.6. The molecule has 8 aromatic rings. The first kappa shape index (κ1) is 49.6. The number of anilines is 4. The second kappa shape index (κ2) is 17.2. The van der Waals surface area contributed by atoms with Crippen molar-refractivity contribution in [2.75, 3.05) is 16.5 Å². The van der Waals surface area contributed by atoms with Gasteiger partial charge in [0.1, 0.15) is 24.0 Å². The first-order chi connectivity index (χ1) is 32.9. The van der Waals surface area contributed by atoms with Crippen molar-refractivity contribution < 1.29 is 4.74 Å². The van der Waals surface area contributed by atoms with Crippen molar-refractivity contribution in [1.29, 1.82) is 0 Å². The molecule has 3 heterocycles. The van der Waals surface area contributed by atoms with Gasteiger partial charge in [0.15, 0.2) is 0 Å². The monoisotopic (exact) mass is 943 g/mol. The first-order valence-electron chi connectivity index (χ1n) is 25.8. The van der Waals surface area contributed by atoms with Gasteiger partial charge in [0, 0.05) is 40.5 Å². The lowest BCUT2D eigenvalue weighted by molar-refractivity contribution is 0.483. The summed E-state index contributed by atoms with van der Waals surface area (Å²) >= 11 is 0. The molecule has 0 bridgehead atoms. The minimum Gasteiger partial charge on any atom is -0.457 e. The van der Waals surface area contributed by atoms with Gasteiger partial charge in [-0.05, 0) is 150 Å². The van der Waals surface area contributed by atoms with Crippen molar-refractivity contribution in [3.8, 4) is 28.4 Å². The van der Waals surface area contributed by atoms with Gasteiger partial charge in [0.2, 0.25) is 0 Å². The van der Waals surface area contributed by atoms with Gasteiger partial charge in [-0.15, -0.1) is 0 Å². The van der Waals surface area contributed by atoms with Crippen LogP contribution in [0.15, 0.2) is 134 Å². The highest BCUT2D eigenvalue weighted by Gasteiger charge is 2.32. The van der Waals surface area contributed by atoms with E-state index in [2.05, 4.69) is 266 Å². The minimum absolute atomic E-state index is 0.0107. The van der Waals surface area contributed by atoms with Crippen LogP contribution in [-0.2, 0) is 32.5 Å². The maximum Gasteiger partial charge on any atom is 0.137 e. The van der Waals surface area contributed by atoms with Crippen molar-refractivity contribution in [2.24, 2.45) is 0 Å². The molecule has 6 aromatic carbocycles. The number of rotatable bonds is 6. The summed E-state index contributed by atoms with van der Waals surface area (Å²) in [5, 5.41) is 2.39. The van der Waals surface area contributed by atoms with Gasteiger partial charge in [-0.1, -0.05) is 167 Å². The molecule has 71 heavy (non-hydrogen) atoms. The molecule has 1 aliphatic heterocycles. The molecule has 9 rings (SSSR count). The van der Waals surface area contributed by atoms with Gasteiger partial charge in [-0.3, -0.25) is 4.57 Å². The Bertz CT molecular complexity index is 3290. The Morgan fingerprint density at radius 1 is 0.380 bits per heavy atom.